The number of rotatable bonds is 7. The standard InChI is InChI=1S/C18H15F3N2O6/c1-11(17(25)22-13-4-2-12(3-5-13)18(19,20)21)29-16(24)10-28-15-8-6-14(7-9-15)23(26)27/h2-9,11H,10H2,1H3,(H,22,25)/t11-/m1/s1. The van der Waals surface area contributed by atoms with Gasteiger partial charge < -0.3 is 14.8 Å². The Morgan fingerprint density at radius 3 is 2.21 bits per heavy atom. The number of anilines is 1. The van der Waals surface area contributed by atoms with Gasteiger partial charge in [-0.2, -0.15) is 13.2 Å². The van der Waals surface area contributed by atoms with Crippen LogP contribution in [0.3, 0.4) is 0 Å². The Hall–Kier alpha value is -3.63. The summed E-state index contributed by atoms with van der Waals surface area (Å²) in [4.78, 5) is 33.7. The molecule has 154 valence electrons. The largest absolute Gasteiger partial charge is 0.482 e. The van der Waals surface area contributed by atoms with Crippen LogP contribution in [0.4, 0.5) is 24.5 Å². The lowest BCUT2D eigenvalue weighted by Crippen LogP contribution is -2.31. The molecule has 2 aromatic rings. The average molecular weight is 412 g/mol. The number of ether oxygens (including phenoxy) is 2. The lowest BCUT2D eigenvalue weighted by molar-refractivity contribution is -0.384. The van der Waals surface area contributed by atoms with Crippen LogP contribution in [-0.2, 0) is 20.5 Å². The second-order valence-electron chi connectivity index (χ2n) is 5.74. The van der Waals surface area contributed by atoms with Crippen LogP contribution in [0, 0.1) is 10.1 Å². The summed E-state index contributed by atoms with van der Waals surface area (Å²) in [5, 5.41) is 12.9. The minimum atomic E-state index is -4.49. The Bertz CT molecular complexity index is 882. The first-order chi connectivity index (χ1) is 13.6. The van der Waals surface area contributed by atoms with E-state index in [1.165, 1.54) is 31.2 Å². The highest BCUT2D eigenvalue weighted by Crippen LogP contribution is 2.29. The topological polar surface area (TPSA) is 108 Å². The van der Waals surface area contributed by atoms with Crippen LogP contribution in [-0.4, -0.2) is 29.5 Å². The molecule has 2 rings (SSSR count). The van der Waals surface area contributed by atoms with Crippen molar-refractivity contribution in [1.29, 1.82) is 0 Å². The fourth-order valence-electron chi connectivity index (χ4n) is 2.08. The highest BCUT2D eigenvalue weighted by molar-refractivity contribution is 5.95. The van der Waals surface area contributed by atoms with Gasteiger partial charge in [0.05, 0.1) is 10.5 Å². The van der Waals surface area contributed by atoms with Gasteiger partial charge in [0, 0.05) is 17.8 Å². The quantitative estimate of drug-likeness (QED) is 0.423. The molecular weight excluding hydrogens is 397 g/mol. The van der Waals surface area contributed by atoms with Crippen LogP contribution in [0.5, 0.6) is 5.75 Å². The number of halogens is 3. The van der Waals surface area contributed by atoms with Crippen LogP contribution < -0.4 is 10.1 Å². The number of hydrogen-bond acceptors (Lipinski definition) is 6. The van der Waals surface area contributed by atoms with Crippen molar-refractivity contribution in [2.24, 2.45) is 0 Å². The van der Waals surface area contributed by atoms with Crippen molar-refractivity contribution in [2.45, 2.75) is 19.2 Å². The van der Waals surface area contributed by atoms with Crippen molar-refractivity contribution >= 4 is 23.3 Å². The smallest absolute Gasteiger partial charge is 0.416 e. The molecule has 0 aromatic heterocycles. The van der Waals surface area contributed by atoms with E-state index in [-0.39, 0.29) is 17.1 Å². The number of esters is 1. The number of nitrogens with one attached hydrogen (secondary N) is 1. The summed E-state index contributed by atoms with van der Waals surface area (Å²) in [5.41, 5.74) is -0.903. The minimum absolute atomic E-state index is 0.105. The van der Waals surface area contributed by atoms with Gasteiger partial charge in [-0.1, -0.05) is 0 Å². The van der Waals surface area contributed by atoms with E-state index in [9.17, 15) is 32.9 Å². The van der Waals surface area contributed by atoms with E-state index in [1.54, 1.807) is 0 Å². The Kier molecular flexibility index (Phi) is 6.75. The van der Waals surface area contributed by atoms with Crippen molar-refractivity contribution in [3.8, 4) is 5.75 Å². The molecule has 0 saturated heterocycles. The predicted molar refractivity (Wildman–Crippen MR) is 94.2 cm³/mol. The SMILES string of the molecule is C[C@@H](OC(=O)COc1ccc([N+](=O)[O-])cc1)C(=O)Nc1ccc(C(F)(F)F)cc1. The Morgan fingerprint density at radius 1 is 1.10 bits per heavy atom. The van der Waals surface area contributed by atoms with Crippen LogP contribution >= 0.6 is 0 Å². The molecule has 0 unspecified atom stereocenters. The molecule has 0 aliphatic carbocycles. The van der Waals surface area contributed by atoms with Gasteiger partial charge in [-0.15, -0.1) is 0 Å². The van der Waals surface area contributed by atoms with Gasteiger partial charge in [0.1, 0.15) is 5.75 Å². The molecule has 2 aromatic carbocycles. The molecule has 11 heteroatoms. The molecule has 1 atom stereocenters. The van der Waals surface area contributed by atoms with Gasteiger partial charge in [-0.25, -0.2) is 4.79 Å². The number of amides is 1. The van der Waals surface area contributed by atoms with Crippen molar-refractivity contribution in [2.75, 3.05) is 11.9 Å². The maximum absolute atomic E-state index is 12.5. The first-order valence-corrected chi connectivity index (χ1v) is 8.11. The number of nitro benzene ring substituents is 1. The summed E-state index contributed by atoms with van der Waals surface area (Å²) in [6, 6.07) is 8.76. The minimum Gasteiger partial charge on any atom is -0.482 e. The maximum Gasteiger partial charge on any atom is 0.416 e. The second-order valence-corrected chi connectivity index (χ2v) is 5.74. The normalized spacial score (nSPS) is 12.0. The highest BCUT2D eigenvalue weighted by atomic mass is 19.4. The molecule has 0 saturated carbocycles. The summed E-state index contributed by atoms with van der Waals surface area (Å²) in [7, 11) is 0. The number of carbonyl (C=O) groups is 2. The molecule has 1 N–H and O–H groups in total. The van der Waals surface area contributed by atoms with Gasteiger partial charge in [0.25, 0.3) is 11.6 Å². The van der Waals surface area contributed by atoms with Crippen LogP contribution in [0.15, 0.2) is 48.5 Å². The number of non-ortho nitro benzene ring substituents is 1. The number of nitro groups is 1. The van der Waals surface area contributed by atoms with Crippen molar-refractivity contribution in [3.63, 3.8) is 0 Å². The highest BCUT2D eigenvalue weighted by Gasteiger charge is 2.30. The Labute approximate surface area is 162 Å². The summed E-state index contributed by atoms with van der Waals surface area (Å²) in [6.45, 7) is 0.735. The van der Waals surface area contributed by atoms with Crippen molar-refractivity contribution in [3.05, 3.63) is 64.2 Å². The van der Waals surface area contributed by atoms with E-state index < -0.39 is 41.3 Å². The number of nitrogens with zero attached hydrogens (tertiary/aromatic N) is 1. The van der Waals surface area contributed by atoms with E-state index >= 15 is 0 Å². The van der Waals surface area contributed by atoms with E-state index in [0.29, 0.717) is 0 Å². The fraction of sp³-hybridized carbons (Fsp3) is 0.222. The van der Waals surface area contributed by atoms with Crippen LogP contribution in [0.1, 0.15) is 12.5 Å². The van der Waals surface area contributed by atoms with Gasteiger partial charge in [0.2, 0.25) is 0 Å². The van der Waals surface area contributed by atoms with Gasteiger partial charge in [-0.05, 0) is 43.3 Å². The van der Waals surface area contributed by atoms with Gasteiger partial charge in [-0.3, -0.25) is 14.9 Å². The molecule has 29 heavy (non-hydrogen) atoms. The number of alkyl halides is 3. The molecule has 8 nitrogen and oxygen atoms in total. The first-order valence-electron chi connectivity index (χ1n) is 8.11. The van der Waals surface area contributed by atoms with E-state index in [4.69, 9.17) is 9.47 Å². The van der Waals surface area contributed by atoms with Crippen molar-refractivity contribution in [1.82, 2.24) is 0 Å². The molecule has 1 amide bonds. The third-order valence-corrected chi connectivity index (χ3v) is 3.56. The Morgan fingerprint density at radius 2 is 1.69 bits per heavy atom. The monoisotopic (exact) mass is 412 g/mol. The second kappa shape index (κ2) is 9.04. The summed E-state index contributed by atoms with van der Waals surface area (Å²) in [6.07, 6.45) is -5.72. The summed E-state index contributed by atoms with van der Waals surface area (Å²) in [5.74, 6) is -1.43. The lowest BCUT2D eigenvalue weighted by Gasteiger charge is -2.14. The zero-order valence-electron chi connectivity index (χ0n) is 14.9. The zero-order chi connectivity index (χ0) is 21.6. The molecule has 0 fully saturated rings. The van der Waals surface area contributed by atoms with E-state index in [2.05, 4.69) is 5.32 Å². The van der Waals surface area contributed by atoms with Crippen LogP contribution in [0.25, 0.3) is 0 Å². The molecule has 0 heterocycles. The zero-order valence-corrected chi connectivity index (χ0v) is 14.9. The molecule has 0 radical (unpaired) electrons. The molecule has 0 aliphatic heterocycles. The molecule has 0 bridgehead atoms. The number of hydrogen-bond donors (Lipinski definition) is 1. The first kappa shape index (κ1) is 21.7. The molecule has 0 spiro atoms. The van der Waals surface area contributed by atoms with Crippen molar-refractivity contribution < 1.29 is 37.2 Å². The predicted octanol–water partition coefficient (Wildman–Crippen LogP) is 3.56. The third-order valence-electron chi connectivity index (χ3n) is 3.56. The van der Waals surface area contributed by atoms with Gasteiger partial charge >= 0.3 is 12.1 Å². The average Bonchev–Trinajstić information content (AvgIpc) is 2.66. The van der Waals surface area contributed by atoms with Gasteiger partial charge in [0.15, 0.2) is 12.7 Å². The number of benzene rings is 2. The number of carbonyl (C=O) groups excluding carboxylic acids is 2. The Balaban J connectivity index is 1.82. The molecular formula is C18H15F3N2O6. The fourth-order valence-corrected chi connectivity index (χ4v) is 2.08. The summed E-state index contributed by atoms with van der Waals surface area (Å²) >= 11 is 0. The van der Waals surface area contributed by atoms with E-state index in [1.807, 2.05) is 0 Å². The third kappa shape index (κ3) is 6.48. The summed E-state index contributed by atoms with van der Waals surface area (Å²) < 4.78 is 47.5. The van der Waals surface area contributed by atoms with E-state index in [0.717, 1.165) is 24.3 Å². The van der Waals surface area contributed by atoms with Crippen LogP contribution in [0.2, 0.25) is 0 Å². The lowest BCUT2D eigenvalue weighted by atomic mass is 10.2. The molecule has 0 aliphatic rings. The maximum atomic E-state index is 12.5.